The Morgan fingerprint density at radius 3 is 2.71 bits per heavy atom. The molecule has 0 aliphatic heterocycles. The van der Waals surface area contributed by atoms with Crippen LogP contribution in [0.25, 0.3) is 0 Å². The van der Waals surface area contributed by atoms with E-state index in [4.69, 9.17) is 0 Å². The number of aromatic nitrogens is 4. The van der Waals surface area contributed by atoms with Gasteiger partial charge in [-0.1, -0.05) is 36.4 Å². The first-order valence-corrected chi connectivity index (χ1v) is 8.81. The molecular weight excluding hydrogens is 320 g/mol. The molecule has 6 nitrogen and oxygen atoms in total. The second-order valence-electron chi connectivity index (χ2n) is 5.86. The first kappa shape index (κ1) is 16.8. The van der Waals surface area contributed by atoms with E-state index in [9.17, 15) is 0 Å². The molecule has 126 valence electrons. The highest BCUT2D eigenvalue weighted by molar-refractivity contribution is 7.10. The smallest absolute Gasteiger partial charge is 0.165 e. The number of hydrogen-bond donors (Lipinski definition) is 1. The van der Waals surface area contributed by atoms with Gasteiger partial charge in [-0.05, 0) is 41.5 Å². The zero-order chi connectivity index (χ0) is 16.8. The molecule has 2 aromatic heterocycles. The van der Waals surface area contributed by atoms with Gasteiger partial charge in [0.15, 0.2) is 5.82 Å². The lowest BCUT2D eigenvalue weighted by Crippen LogP contribution is -2.31. The van der Waals surface area contributed by atoms with Gasteiger partial charge in [-0.15, -0.1) is 16.4 Å². The summed E-state index contributed by atoms with van der Waals surface area (Å²) in [4.78, 5) is 3.59. The van der Waals surface area contributed by atoms with Gasteiger partial charge >= 0.3 is 0 Å². The lowest BCUT2D eigenvalue weighted by Gasteiger charge is -2.23. The molecule has 1 atom stereocenters. The SMILES string of the molecule is CN(C)[C@@H](CNCc1nnnn1Cc1ccccc1)c1cccs1. The number of nitrogens with one attached hydrogen (secondary N) is 1. The molecule has 7 heteroatoms. The second kappa shape index (κ2) is 8.14. The number of benzene rings is 1. The van der Waals surface area contributed by atoms with Crippen molar-refractivity contribution in [3.8, 4) is 0 Å². The first-order chi connectivity index (χ1) is 11.7. The van der Waals surface area contributed by atoms with Gasteiger partial charge in [-0.2, -0.15) is 0 Å². The van der Waals surface area contributed by atoms with E-state index in [0.717, 1.165) is 12.4 Å². The van der Waals surface area contributed by atoms with E-state index >= 15 is 0 Å². The van der Waals surface area contributed by atoms with Crippen LogP contribution in [-0.2, 0) is 13.1 Å². The van der Waals surface area contributed by atoms with E-state index in [-0.39, 0.29) is 0 Å². The molecule has 3 aromatic rings. The average Bonchev–Trinajstić information content (AvgIpc) is 3.24. The molecule has 0 unspecified atom stereocenters. The summed E-state index contributed by atoms with van der Waals surface area (Å²) in [6.07, 6.45) is 0. The van der Waals surface area contributed by atoms with Crippen LogP contribution in [0.5, 0.6) is 0 Å². The molecule has 0 bridgehead atoms. The van der Waals surface area contributed by atoms with Gasteiger partial charge in [0.25, 0.3) is 0 Å². The molecule has 0 spiro atoms. The molecule has 24 heavy (non-hydrogen) atoms. The number of nitrogens with zero attached hydrogens (tertiary/aromatic N) is 5. The molecule has 0 aliphatic rings. The third-order valence-corrected chi connectivity index (χ3v) is 4.87. The lowest BCUT2D eigenvalue weighted by atomic mass is 10.2. The average molecular weight is 342 g/mol. The van der Waals surface area contributed by atoms with Gasteiger partial charge in [-0.25, -0.2) is 4.68 Å². The van der Waals surface area contributed by atoms with Gasteiger partial charge in [0.2, 0.25) is 0 Å². The molecule has 0 amide bonds. The van der Waals surface area contributed by atoms with Crippen molar-refractivity contribution in [2.24, 2.45) is 0 Å². The topological polar surface area (TPSA) is 58.9 Å². The molecule has 0 fully saturated rings. The Morgan fingerprint density at radius 1 is 1.17 bits per heavy atom. The monoisotopic (exact) mass is 342 g/mol. The Kier molecular flexibility index (Phi) is 5.68. The van der Waals surface area contributed by atoms with Gasteiger partial charge in [0.1, 0.15) is 0 Å². The van der Waals surface area contributed by atoms with Crippen molar-refractivity contribution >= 4 is 11.3 Å². The molecule has 1 aromatic carbocycles. The van der Waals surface area contributed by atoms with Crippen LogP contribution in [0.15, 0.2) is 47.8 Å². The Bertz CT molecular complexity index is 723. The number of likely N-dealkylation sites (N-methyl/N-ethyl adjacent to an activating group) is 1. The molecule has 0 saturated heterocycles. The number of rotatable bonds is 8. The highest BCUT2D eigenvalue weighted by Crippen LogP contribution is 2.22. The maximum Gasteiger partial charge on any atom is 0.165 e. The van der Waals surface area contributed by atoms with E-state index < -0.39 is 0 Å². The summed E-state index contributed by atoms with van der Waals surface area (Å²) in [5.74, 6) is 0.850. The quantitative estimate of drug-likeness (QED) is 0.680. The third-order valence-electron chi connectivity index (χ3n) is 3.90. The van der Waals surface area contributed by atoms with Crippen molar-refractivity contribution in [3.63, 3.8) is 0 Å². The largest absolute Gasteiger partial charge is 0.308 e. The second-order valence-corrected chi connectivity index (χ2v) is 6.84. The van der Waals surface area contributed by atoms with E-state index in [1.807, 2.05) is 22.9 Å². The fourth-order valence-electron chi connectivity index (χ4n) is 2.57. The molecule has 3 rings (SSSR count). The minimum Gasteiger partial charge on any atom is -0.308 e. The van der Waals surface area contributed by atoms with Crippen molar-refractivity contribution in [2.45, 2.75) is 19.1 Å². The minimum atomic E-state index is 0.350. The van der Waals surface area contributed by atoms with E-state index in [2.05, 4.69) is 69.5 Å². The van der Waals surface area contributed by atoms with Crippen LogP contribution >= 0.6 is 11.3 Å². The van der Waals surface area contributed by atoms with Crippen molar-refractivity contribution < 1.29 is 0 Å². The summed E-state index contributed by atoms with van der Waals surface area (Å²) in [6, 6.07) is 14.9. The Labute approximate surface area is 146 Å². The third kappa shape index (κ3) is 4.25. The van der Waals surface area contributed by atoms with Gasteiger partial charge in [-0.3, -0.25) is 0 Å². The summed E-state index contributed by atoms with van der Waals surface area (Å²) >= 11 is 1.79. The zero-order valence-electron chi connectivity index (χ0n) is 14.0. The van der Waals surface area contributed by atoms with E-state index in [1.165, 1.54) is 10.4 Å². The molecule has 1 N–H and O–H groups in total. The summed E-state index contributed by atoms with van der Waals surface area (Å²) in [5, 5.41) is 17.7. The number of thiophene rings is 1. The van der Waals surface area contributed by atoms with Crippen LogP contribution < -0.4 is 5.32 Å². The molecule has 0 aliphatic carbocycles. The summed E-state index contributed by atoms with van der Waals surface area (Å²) in [5.41, 5.74) is 1.19. The van der Waals surface area contributed by atoms with Crippen LogP contribution in [0.3, 0.4) is 0 Å². The summed E-state index contributed by atoms with van der Waals surface area (Å²) < 4.78 is 1.85. The predicted octanol–water partition coefficient (Wildman–Crippen LogP) is 2.18. The first-order valence-electron chi connectivity index (χ1n) is 7.93. The van der Waals surface area contributed by atoms with Crippen LogP contribution in [0.1, 0.15) is 22.3 Å². The van der Waals surface area contributed by atoms with Crippen molar-refractivity contribution in [1.29, 1.82) is 0 Å². The molecular formula is C17H22N6S. The molecule has 2 heterocycles. The van der Waals surface area contributed by atoms with Gasteiger partial charge in [0, 0.05) is 11.4 Å². The maximum atomic E-state index is 4.15. The summed E-state index contributed by atoms with van der Waals surface area (Å²) in [7, 11) is 4.21. The zero-order valence-corrected chi connectivity index (χ0v) is 14.8. The Morgan fingerprint density at radius 2 is 2.00 bits per heavy atom. The lowest BCUT2D eigenvalue weighted by molar-refractivity contribution is 0.291. The Hall–Kier alpha value is -2.09. The predicted molar refractivity (Wildman–Crippen MR) is 95.8 cm³/mol. The summed E-state index contributed by atoms with van der Waals surface area (Å²) in [6.45, 7) is 2.19. The number of tetrazole rings is 1. The molecule has 0 radical (unpaired) electrons. The minimum absolute atomic E-state index is 0.350. The standard InChI is InChI=1S/C17H22N6S/c1-22(2)15(16-9-6-10-24-16)11-18-12-17-19-20-21-23(17)13-14-7-4-3-5-8-14/h3-10,15,18H,11-13H2,1-2H3/t15-/m0/s1. The number of hydrogen-bond acceptors (Lipinski definition) is 6. The molecule has 0 saturated carbocycles. The maximum absolute atomic E-state index is 4.15. The highest BCUT2D eigenvalue weighted by Gasteiger charge is 2.15. The fraction of sp³-hybridized carbons (Fsp3) is 0.353. The van der Waals surface area contributed by atoms with Crippen molar-refractivity contribution in [3.05, 3.63) is 64.1 Å². The van der Waals surface area contributed by atoms with Crippen LogP contribution in [0.2, 0.25) is 0 Å². The fourth-order valence-corrected chi connectivity index (χ4v) is 3.49. The van der Waals surface area contributed by atoms with Crippen LogP contribution in [0, 0.1) is 0 Å². The van der Waals surface area contributed by atoms with Crippen molar-refractivity contribution in [2.75, 3.05) is 20.6 Å². The van der Waals surface area contributed by atoms with E-state index in [0.29, 0.717) is 19.1 Å². The highest BCUT2D eigenvalue weighted by atomic mass is 32.1. The van der Waals surface area contributed by atoms with Crippen molar-refractivity contribution in [1.82, 2.24) is 30.4 Å². The van der Waals surface area contributed by atoms with E-state index in [1.54, 1.807) is 11.3 Å². The Balaban J connectivity index is 1.58. The van der Waals surface area contributed by atoms with Gasteiger partial charge < -0.3 is 10.2 Å². The normalized spacial score (nSPS) is 12.6. The van der Waals surface area contributed by atoms with Crippen LogP contribution in [0.4, 0.5) is 0 Å². The van der Waals surface area contributed by atoms with Gasteiger partial charge in [0.05, 0.1) is 19.1 Å². The van der Waals surface area contributed by atoms with Crippen LogP contribution in [-0.4, -0.2) is 45.7 Å².